The van der Waals surface area contributed by atoms with Gasteiger partial charge in [0.2, 0.25) is 0 Å². The van der Waals surface area contributed by atoms with E-state index in [-0.39, 0.29) is 17.3 Å². The molecule has 1 aliphatic carbocycles. The number of benzene rings is 2. The van der Waals surface area contributed by atoms with Crippen LogP contribution in [0.15, 0.2) is 54.6 Å². The molecule has 0 unspecified atom stereocenters. The van der Waals surface area contributed by atoms with Crippen LogP contribution in [0.5, 0.6) is 5.75 Å². The number of ether oxygens (including phenoxy) is 1. The second-order valence-electron chi connectivity index (χ2n) is 6.06. The molecule has 0 fully saturated rings. The Kier molecular flexibility index (Phi) is 4.66. The number of hydrogen-bond donors (Lipinski definition) is 0. The van der Waals surface area contributed by atoms with Gasteiger partial charge in [-0.3, -0.25) is 4.79 Å². The predicted molar refractivity (Wildman–Crippen MR) is 89.4 cm³/mol. The Balaban J connectivity index is 1.94. The molecule has 0 saturated carbocycles. The summed E-state index contributed by atoms with van der Waals surface area (Å²) in [5.74, 6) is 0.405. The fourth-order valence-electron chi connectivity index (χ4n) is 3.20. The van der Waals surface area contributed by atoms with E-state index >= 15 is 0 Å². The highest BCUT2D eigenvalue weighted by atomic mass is 19.4. The van der Waals surface area contributed by atoms with Crippen molar-refractivity contribution in [1.82, 2.24) is 0 Å². The molecule has 2 nitrogen and oxygen atoms in total. The molecule has 0 spiro atoms. The van der Waals surface area contributed by atoms with Gasteiger partial charge < -0.3 is 4.74 Å². The fraction of sp³-hybridized carbons (Fsp3) is 0.250. The highest BCUT2D eigenvalue weighted by Crippen LogP contribution is 2.41. The number of rotatable bonds is 3. The van der Waals surface area contributed by atoms with Gasteiger partial charge in [0.1, 0.15) is 5.75 Å². The van der Waals surface area contributed by atoms with Crippen LogP contribution in [-0.2, 0) is 11.0 Å². The summed E-state index contributed by atoms with van der Waals surface area (Å²) in [4.78, 5) is 12.1. The van der Waals surface area contributed by atoms with E-state index in [0.29, 0.717) is 24.2 Å². The second kappa shape index (κ2) is 6.75. The molecular formula is C20H17F3O2. The average molecular weight is 346 g/mol. The standard InChI is InChI=1S/C20H17F3O2/c1-25-17-8-6-13(7-9-17)14-10-15(12-16(24)11-14)18-4-2-3-5-19(18)20(21,22)23/h2-9,12,14H,10-11H2,1H3/t14-/m1/s1. The summed E-state index contributed by atoms with van der Waals surface area (Å²) in [7, 11) is 1.56. The van der Waals surface area contributed by atoms with E-state index in [1.54, 1.807) is 25.3 Å². The smallest absolute Gasteiger partial charge is 0.416 e. The zero-order chi connectivity index (χ0) is 18.0. The Morgan fingerprint density at radius 3 is 2.32 bits per heavy atom. The highest BCUT2D eigenvalue weighted by molar-refractivity contribution is 5.99. The molecule has 0 aromatic heterocycles. The molecule has 0 saturated heterocycles. The van der Waals surface area contributed by atoms with Crippen LogP contribution in [0.25, 0.3) is 5.57 Å². The first-order valence-electron chi connectivity index (χ1n) is 7.92. The van der Waals surface area contributed by atoms with E-state index in [1.165, 1.54) is 18.2 Å². The Bertz CT molecular complexity index is 804. The molecule has 0 bridgehead atoms. The van der Waals surface area contributed by atoms with Gasteiger partial charge in [0.25, 0.3) is 0 Å². The third-order valence-corrected chi connectivity index (χ3v) is 4.41. The minimum absolute atomic E-state index is 0.0848. The Labute approximate surface area is 143 Å². The van der Waals surface area contributed by atoms with Crippen molar-refractivity contribution in [3.63, 3.8) is 0 Å². The van der Waals surface area contributed by atoms with Crippen molar-refractivity contribution in [1.29, 1.82) is 0 Å². The summed E-state index contributed by atoms with van der Waals surface area (Å²) >= 11 is 0. The maximum atomic E-state index is 13.3. The summed E-state index contributed by atoms with van der Waals surface area (Å²) in [5, 5.41) is 0. The van der Waals surface area contributed by atoms with Gasteiger partial charge in [-0.2, -0.15) is 13.2 Å². The third-order valence-electron chi connectivity index (χ3n) is 4.41. The van der Waals surface area contributed by atoms with Gasteiger partial charge in [-0.1, -0.05) is 30.3 Å². The predicted octanol–water partition coefficient (Wildman–Crippen LogP) is 5.24. The quantitative estimate of drug-likeness (QED) is 0.759. The van der Waals surface area contributed by atoms with Crippen LogP contribution in [0.4, 0.5) is 13.2 Å². The molecule has 130 valence electrons. The fourth-order valence-corrected chi connectivity index (χ4v) is 3.20. The molecule has 0 heterocycles. The van der Waals surface area contributed by atoms with Crippen LogP contribution < -0.4 is 4.74 Å². The summed E-state index contributed by atoms with van der Waals surface area (Å²) in [5.41, 5.74) is 0.736. The molecule has 2 aromatic rings. The molecular weight excluding hydrogens is 329 g/mol. The molecule has 1 atom stereocenters. The maximum absolute atomic E-state index is 13.3. The van der Waals surface area contributed by atoms with Crippen LogP contribution in [-0.4, -0.2) is 12.9 Å². The van der Waals surface area contributed by atoms with E-state index in [2.05, 4.69) is 0 Å². The molecule has 0 radical (unpaired) electrons. The van der Waals surface area contributed by atoms with Crippen LogP contribution in [0.3, 0.4) is 0 Å². The van der Waals surface area contributed by atoms with Crippen molar-refractivity contribution < 1.29 is 22.7 Å². The Morgan fingerprint density at radius 1 is 1.00 bits per heavy atom. The van der Waals surface area contributed by atoms with Gasteiger partial charge in [-0.15, -0.1) is 0 Å². The highest BCUT2D eigenvalue weighted by Gasteiger charge is 2.35. The Hall–Kier alpha value is -2.56. The minimum atomic E-state index is -4.45. The number of methoxy groups -OCH3 is 1. The topological polar surface area (TPSA) is 26.3 Å². The van der Waals surface area contributed by atoms with Crippen molar-refractivity contribution in [3.8, 4) is 5.75 Å². The minimum Gasteiger partial charge on any atom is -0.497 e. The summed E-state index contributed by atoms with van der Waals surface area (Å²) in [6, 6.07) is 12.7. The molecule has 25 heavy (non-hydrogen) atoms. The largest absolute Gasteiger partial charge is 0.497 e. The van der Waals surface area contributed by atoms with Crippen LogP contribution in [0, 0.1) is 0 Å². The number of hydrogen-bond acceptors (Lipinski definition) is 2. The molecule has 2 aromatic carbocycles. The van der Waals surface area contributed by atoms with Gasteiger partial charge in [0.15, 0.2) is 5.78 Å². The molecule has 5 heteroatoms. The third kappa shape index (κ3) is 3.76. The molecule has 0 aliphatic heterocycles. The van der Waals surface area contributed by atoms with E-state index in [9.17, 15) is 18.0 Å². The lowest BCUT2D eigenvalue weighted by Gasteiger charge is -2.24. The van der Waals surface area contributed by atoms with Crippen molar-refractivity contribution in [3.05, 3.63) is 71.3 Å². The maximum Gasteiger partial charge on any atom is 0.416 e. The first-order valence-corrected chi connectivity index (χ1v) is 7.92. The lowest BCUT2D eigenvalue weighted by Crippen LogP contribution is -2.15. The van der Waals surface area contributed by atoms with E-state index in [0.717, 1.165) is 11.6 Å². The summed E-state index contributed by atoms with van der Waals surface area (Å²) in [6.45, 7) is 0. The molecule has 0 N–H and O–H groups in total. The first-order chi connectivity index (χ1) is 11.9. The van der Waals surface area contributed by atoms with Crippen molar-refractivity contribution in [2.24, 2.45) is 0 Å². The van der Waals surface area contributed by atoms with E-state index < -0.39 is 11.7 Å². The monoisotopic (exact) mass is 346 g/mol. The molecule has 1 aliphatic rings. The first kappa shape index (κ1) is 17.3. The lowest BCUT2D eigenvalue weighted by atomic mass is 9.80. The second-order valence-corrected chi connectivity index (χ2v) is 6.06. The van der Waals surface area contributed by atoms with E-state index in [4.69, 9.17) is 4.74 Å². The Morgan fingerprint density at radius 2 is 1.68 bits per heavy atom. The van der Waals surface area contributed by atoms with Crippen LogP contribution in [0.2, 0.25) is 0 Å². The van der Waals surface area contributed by atoms with Gasteiger partial charge >= 0.3 is 6.18 Å². The van der Waals surface area contributed by atoms with Crippen molar-refractivity contribution in [2.75, 3.05) is 7.11 Å². The number of allylic oxidation sites excluding steroid dienone is 2. The van der Waals surface area contributed by atoms with E-state index in [1.807, 2.05) is 12.1 Å². The molecule has 0 amide bonds. The van der Waals surface area contributed by atoms with Crippen molar-refractivity contribution >= 4 is 11.4 Å². The van der Waals surface area contributed by atoms with Crippen molar-refractivity contribution in [2.45, 2.75) is 24.9 Å². The molecule has 3 rings (SSSR count). The lowest BCUT2D eigenvalue weighted by molar-refractivity contribution is -0.137. The normalized spacial score (nSPS) is 18.0. The summed E-state index contributed by atoms with van der Waals surface area (Å²) in [6.07, 6.45) is -2.41. The number of ketones is 1. The zero-order valence-electron chi connectivity index (χ0n) is 13.6. The summed E-state index contributed by atoms with van der Waals surface area (Å²) < 4.78 is 45.0. The number of carbonyl (C=O) groups excluding carboxylic acids is 1. The van der Waals surface area contributed by atoms with Gasteiger partial charge in [0, 0.05) is 6.42 Å². The van der Waals surface area contributed by atoms with Crippen LogP contribution >= 0.6 is 0 Å². The number of carbonyl (C=O) groups is 1. The zero-order valence-corrected chi connectivity index (χ0v) is 13.6. The van der Waals surface area contributed by atoms with Gasteiger partial charge in [-0.05, 0) is 53.3 Å². The average Bonchev–Trinajstić information content (AvgIpc) is 2.60. The number of halogens is 3. The van der Waals surface area contributed by atoms with Gasteiger partial charge in [0.05, 0.1) is 12.7 Å². The SMILES string of the molecule is COc1ccc([C@H]2CC(=O)C=C(c3ccccc3C(F)(F)F)C2)cc1. The van der Waals surface area contributed by atoms with Gasteiger partial charge in [-0.25, -0.2) is 0 Å². The number of alkyl halides is 3. The van der Waals surface area contributed by atoms with Crippen LogP contribution in [0.1, 0.15) is 35.4 Å².